The Morgan fingerprint density at radius 3 is 1.81 bits per heavy atom. The van der Waals surface area contributed by atoms with Gasteiger partial charge in [0.05, 0.1) is 0 Å². The van der Waals surface area contributed by atoms with Crippen molar-refractivity contribution >= 4 is 26.1 Å². The second-order valence-corrected chi connectivity index (χ2v) is 6.43. The molecule has 0 bridgehead atoms. The molecular weight excluding hydrogens is 244 g/mol. The van der Waals surface area contributed by atoms with E-state index in [0.29, 0.717) is 32.3 Å². The Morgan fingerprint density at radius 2 is 1.50 bits per heavy atom. The summed E-state index contributed by atoms with van der Waals surface area (Å²) in [6.07, 6.45) is 1.23. The quantitative estimate of drug-likeness (QED) is 0.486. The summed E-state index contributed by atoms with van der Waals surface area (Å²) in [6, 6.07) is 0.698. The number of hydrogen-bond donors (Lipinski definition) is 1. The standard InChI is InChI=1S/C10H22O4SSi/c1-4-12-16(13-5-2,14-6-3)9-7-8-10(11)15/h4-9H2,1-3H3,(H,11,15). The molecule has 0 aliphatic rings. The molecule has 0 aromatic heterocycles. The summed E-state index contributed by atoms with van der Waals surface area (Å²) in [5.41, 5.74) is 0. The first-order valence-corrected chi connectivity index (χ1v) is 8.07. The third kappa shape index (κ3) is 6.54. The molecular formula is C10H22O4SSi. The highest BCUT2D eigenvalue weighted by Gasteiger charge is 2.39. The van der Waals surface area contributed by atoms with Crippen LogP contribution in [0.25, 0.3) is 0 Å². The van der Waals surface area contributed by atoms with Crippen LogP contribution in [0.2, 0.25) is 6.04 Å². The molecule has 4 nitrogen and oxygen atoms in total. The Hall–Kier alpha value is -0.0131. The predicted molar refractivity (Wildman–Crippen MR) is 69.9 cm³/mol. The molecule has 0 unspecified atom stereocenters. The molecule has 0 aromatic rings. The summed E-state index contributed by atoms with van der Waals surface area (Å²) in [5, 5.41) is 9.00. The topological polar surface area (TPSA) is 47.9 Å². The van der Waals surface area contributed by atoms with E-state index >= 15 is 0 Å². The van der Waals surface area contributed by atoms with E-state index < -0.39 is 8.80 Å². The van der Waals surface area contributed by atoms with E-state index in [4.69, 9.17) is 18.4 Å². The predicted octanol–water partition coefficient (Wildman–Crippen LogP) is 2.70. The largest absolute Gasteiger partial charge is 0.502 e. The first-order chi connectivity index (χ1) is 7.60. The minimum absolute atomic E-state index is 0.0346. The van der Waals surface area contributed by atoms with E-state index in [1.165, 1.54) is 0 Å². The van der Waals surface area contributed by atoms with Crippen LogP contribution in [0.5, 0.6) is 0 Å². The Balaban J connectivity index is 4.28. The van der Waals surface area contributed by atoms with Crippen LogP contribution < -0.4 is 0 Å². The molecule has 6 heteroatoms. The summed E-state index contributed by atoms with van der Waals surface area (Å²) in [6.45, 7) is 7.52. The van der Waals surface area contributed by atoms with Crippen molar-refractivity contribution < 1.29 is 18.4 Å². The molecule has 0 amide bonds. The van der Waals surface area contributed by atoms with Gasteiger partial charge in [0.1, 0.15) is 0 Å². The summed E-state index contributed by atoms with van der Waals surface area (Å²) >= 11 is 4.63. The molecule has 0 radical (unpaired) electrons. The van der Waals surface area contributed by atoms with Gasteiger partial charge >= 0.3 is 8.80 Å². The Bertz CT molecular complexity index is 184. The zero-order valence-corrected chi connectivity index (χ0v) is 12.1. The van der Waals surface area contributed by atoms with Crippen molar-refractivity contribution in [1.29, 1.82) is 0 Å². The van der Waals surface area contributed by atoms with Crippen molar-refractivity contribution in [3.8, 4) is 0 Å². The Morgan fingerprint density at radius 1 is 1.06 bits per heavy atom. The molecule has 96 valence electrons. The molecule has 0 aromatic carbocycles. The smallest absolute Gasteiger partial charge is 0.500 e. The van der Waals surface area contributed by atoms with Gasteiger partial charge in [0.15, 0.2) is 5.05 Å². The van der Waals surface area contributed by atoms with Gasteiger partial charge in [0, 0.05) is 32.3 Å². The van der Waals surface area contributed by atoms with E-state index in [1.807, 2.05) is 20.8 Å². The van der Waals surface area contributed by atoms with Crippen LogP contribution >= 0.6 is 12.2 Å². The van der Waals surface area contributed by atoms with Crippen molar-refractivity contribution in [1.82, 2.24) is 0 Å². The van der Waals surface area contributed by atoms with Gasteiger partial charge in [0.2, 0.25) is 0 Å². The van der Waals surface area contributed by atoms with E-state index in [-0.39, 0.29) is 5.05 Å². The highest BCUT2D eigenvalue weighted by Crippen LogP contribution is 2.19. The van der Waals surface area contributed by atoms with E-state index in [9.17, 15) is 0 Å². The lowest BCUT2D eigenvalue weighted by molar-refractivity contribution is 0.0709. The SMILES string of the molecule is CCO[Si](CCCC(O)=S)(OCC)OCC. The van der Waals surface area contributed by atoms with Gasteiger partial charge in [-0.2, -0.15) is 0 Å². The van der Waals surface area contributed by atoms with Crippen LogP contribution in [0.1, 0.15) is 33.6 Å². The molecule has 1 N–H and O–H groups in total. The van der Waals surface area contributed by atoms with Gasteiger partial charge < -0.3 is 18.4 Å². The van der Waals surface area contributed by atoms with Crippen LogP contribution in [0.15, 0.2) is 0 Å². The highest BCUT2D eigenvalue weighted by molar-refractivity contribution is 7.80. The lowest BCUT2D eigenvalue weighted by atomic mass is 10.4. The van der Waals surface area contributed by atoms with E-state index in [2.05, 4.69) is 12.2 Å². The summed E-state index contributed by atoms with van der Waals surface area (Å²) in [4.78, 5) is 0. The van der Waals surface area contributed by atoms with Crippen molar-refractivity contribution in [2.45, 2.75) is 39.7 Å². The van der Waals surface area contributed by atoms with Crippen molar-refractivity contribution in [3.05, 3.63) is 0 Å². The number of rotatable bonds is 10. The lowest BCUT2D eigenvalue weighted by Crippen LogP contribution is -2.45. The van der Waals surface area contributed by atoms with Crippen molar-refractivity contribution in [2.24, 2.45) is 0 Å². The molecule has 0 heterocycles. The molecule has 0 saturated carbocycles. The van der Waals surface area contributed by atoms with Crippen LogP contribution in [-0.4, -0.2) is 38.8 Å². The Labute approximate surface area is 104 Å². The molecule has 0 rings (SSSR count). The first-order valence-electron chi connectivity index (χ1n) is 5.73. The third-order valence-corrected chi connectivity index (χ3v) is 5.32. The minimum Gasteiger partial charge on any atom is -0.502 e. The van der Waals surface area contributed by atoms with Gasteiger partial charge in [0.25, 0.3) is 0 Å². The zero-order valence-electron chi connectivity index (χ0n) is 10.3. The van der Waals surface area contributed by atoms with E-state index in [1.54, 1.807) is 0 Å². The fraction of sp³-hybridized carbons (Fsp3) is 0.900. The summed E-state index contributed by atoms with van der Waals surface area (Å²) in [7, 11) is -2.53. The maximum absolute atomic E-state index is 8.96. The first kappa shape index (κ1) is 16.0. The second-order valence-electron chi connectivity index (χ2n) is 3.23. The average molecular weight is 266 g/mol. The number of aliphatic hydroxyl groups is 1. The van der Waals surface area contributed by atoms with Gasteiger partial charge in [-0.05, 0) is 39.4 Å². The van der Waals surface area contributed by atoms with Crippen LogP contribution in [0, 0.1) is 0 Å². The Kier molecular flexibility index (Phi) is 9.05. The summed E-state index contributed by atoms with van der Waals surface area (Å²) < 4.78 is 17.0. The molecule has 0 fully saturated rings. The normalized spacial score (nSPS) is 11.7. The van der Waals surface area contributed by atoms with Gasteiger partial charge in [-0.1, -0.05) is 0 Å². The van der Waals surface area contributed by atoms with Crippen LogP contribution in [-0.2, 0) is 13.3 Å². The number of aliphatic hydroxyl groups excluding tert-OH is 1. The molecule has 0 aliphatic carbocycles. The number of hydrogen-bond acceptors (Lipinski definition) is 4. The molecule has 16 heavy (non-hydrogen) atoms. The van der Waals surface area contributed by atoms with Gasteiger partial charge in [-0.25, -0.2) is 0 Å². The van der Waals surface area contributed by atoms with Gasteiger partial charge in [-0.3, -0.25) is 0 Å². The molecule has 0 saturated heterocycles. The minimum atomic E-state index is -2.53. The highest BCUT2D eigenvalue weighted by atomic mass is 32.1. The molecule has 0 spiro atoms. The van der Waals surface area contributed by atoms with Crippen LogP contribution in [0.4, 0.5) is 0 Å². The second kappa shape index (κ2) is 9.06. The fourth-order valence-electron chi connectivity index (χ4n) is 1.46. The zero-order chi connectivity index (χ0) is 12.4. The third-order valence-electron chi connectivity index (χ3n) is 1.97. The van der Waals surface area contributed by atoms with Gasteiger partial charge in [-0.15, -0.1) is 0 Å². The molecule has 0 atom stereocenters. The van der Waals surface area contributed by atoms with Crippen molar-refractivity contribution in [2.75, 3.05) is 19.8 Å². The average Bonchev–Trinajstić information content (AvgIpc) is 2.18. The van der Waals surface area contributed by atoms with E-state index in [0.717, 1.165) is 6.42 Å². The van der Waals surface area contributed by atoms with Crippen LogP contribution in [0.3, 0.4) is 0 Å². The maximum atomic E-state index is 8.96. The lowest BCUT2D eigenvalue weighted by Gasteiger charge is -2.28. The van der Waals surface area contributed by atoms with Crippen molar-refractivity contribution in [3.63, 3.8) is 0 Å². The monoisotopic (exact) mass is 266 g/mol. The number of thiocarbonyl (C=S) groups is 1. The fourth-order valence-corrected chi connectivity index (χ4v) is 4.21. The summed E-state index contributed by atoms with van der Waals surface area (Å²) in [5.74, 6) is 0. The maximum Gasteiger partial charge on any atom is 0.500 e. The molecule has 0 aliphatic heterocycles.